The number of carbonyl (C=O) groups excluding carboxylic acids is 1. The molecule has 0 aliphatic heterocycles. The molecule has 5 heteroatoms. The Morgan fingerprint density at radius 2 is 1.02 bits per heavy atom. The molecule has 1 saturated carbocycles. The lowest BCUT2D eigenvalue weighted by Gasteiger charge is -2.45. The van der Waals surface area contributed by atoms with Gasteiger partial charge in [0.2, 0.25) is 0 Å². The lowest BCUT2D eigenvalue weighted by atomic mass is 9.79. The zero-order chi connectivity index (χ0) is 27.5. The molecule has 0 aromatic heterocycles. The fourth-order valence-electron chi connectivity index (χ4n) is 5.03. The molecule has 1 fully saturated rings. The number of ether oxygens (including phenoxy) is 4. The normalized spacial score (nSPS) is 20.9. The minimum absolute atomic E-state index is 0.00636. The number of hydrogen-bond acceptors (Lipinski definition) is 5. The van der Waals surface area contributed by atoms with Gasteiger partial charge in [0.25, 0.3) is 0 Å². The predicted octanol–water partition coefficient (Wildman–Crippen LogP) is 6.69. The second kappa shape index (κ2) is 14.1. The highest BCUT2D eigenvalue weighted by molar-refractivity contribution is 5.85. The monoisotopic (exact) mass is 536 g/mol. The topological polar surface area (TPSA) is 54.0 Å². The van der Waals surface area contributed by atoms with Crippen LogP contribution >= 0.6 is 0 Å². The summed E-state index contributed by atoms with van der Waals surface area (Å²) in [6.07, 6.45) is -0.454. The molecule has 0 spiro atoms. The van der Waals surface area contributed by atoms with E-state index in [4.69, 9.17) is 18.9 Å². The summed E-state index contributed by atoms with van der Waals surface area (Å²) in [6.45, 7) is 1.77. The van der Waals surface area contributed by atoms with E-state index < -0.39 is 17.8 Å². The molecule has 1 aliphatic carbocycles. The molecule has 5 nitrogen and oxygen atoms in total. The van der Waals surface area contributed by atoms with Crippen LogP contribution in [0.2, 0.25) is 0 Å². The molecule has 5 rings (SSSR count). The molecular formula is C35H36O5. The first-order valence-corrected chi connectivity index (χ1v) is 13.8. The van der Waals surface area contributed by atoms with Gasteiger partial charge in [0.05, 0.1) is 39.1 Å². The molecule has 0 radical (unpaired) electrons. The first kappa shape index (κ1) is 27.9. The van der Waals surface area contributed by atoms with E-state index in [1.165, 1.54) is 0 Å². The maximum absolute atomic E-state index is 13.6. The Morgan fingerprint density at radius 3 is 1.55 bits per heavy atom. The van der Waals surface area contributed by atoms with Crippen LogP contribution in [0.4, 0.5) is 0 Å². The molecule has 4 aromatic carbocycles. The Morgan fingerprint density at radius 1 is 0.575 bits per heavy atom. The third-order valence-corrected chi connectivity index (χ3v) is 7.26. The molecule has 0 N–H and O–H groups in total. The van der Waals surface area contributed by atoms with Crippen molar-refractivity contribution < 1.29 is 23.7 Å². The largest absolute Gasteiger partial charge is 0.374 e. The third kappa shape index (κ3) is 7.74. The number of carbonyl (C=O) groups is 1. The number of ketones is 1. The van der Waals surface area contributed by atoms with Crippen molar-refractivity contribution in [2.45, 2.75) is 57.1 Å². The smallest absolute Gasteiger partial charge is 0.164 e. The Labute approximate surface area is 236 Å². The standard InChI is InChI=1S/C35H36O5/c36-32-22-35(40-26-31-19-11-4-12-20-31,27-37-23-28-13-5-1-6-14-28)34(39-25-30-17-9-3-10-18-30)21-33(32)38-24-29-15-7-2-8-16-29/h1-20,33-34H,21-27H2/t33-,34-,35-/m1/s1. The fraction of sp³-hybridized carbons (Fsp3) is 0.286. The van der Waals surface area contributed by atoms with E-state index in [-0.39, 0.29) is 18.8 Å². The molecule has 4 aromatic rings. The summed E-state index contributed by atoms with van der Waals surface area (Å²) in [5.41, 5.74) is 3.22. The van der Waals surface area contributed by atoms with Gasteiger partial charge in [-0.1, -0.05) is 121 Å². The van der Waals surface area contributed by atoms with Gasteiger partial charge in [-0.2, -0.15) is 0 Å². The average molecular weight is 537 g/mol. The van der Waals surface area contributed by atoms with E-state index in [1.807, 2.05) is 121 Å². The van der Waals surface area contributed by atoms with Crippen molar-refractivity contribution in [2.75, 3.05) is 6.61 Å². The van der Waals surface area contributed by atoms with Gasteiger partial charge in [0, 0.05) is 12.8 Å². The fourth-order valence-corrected chi connectivity index (χ4v) is 5.03. The number of rotatable bonds is 13. The van der Waals surface area contributed by atoms with Crippen molar-refractivity contribution in [3.8, 4) is 0 Å². The molecular weight excluding hydrogens is 500 g/mol. The van der Waals surface area contributed by atoms with Gasteiger partial charge in [-0.3, -0.25) is 4.79 Å². The Kier molecular flexibility index (Phi) is 9.88. The van der Waals surface area contributed by atoms with Gasteiger partial charge >= 0.3 is 0 Å². The van der Waals surface area contributed by atoms with Crippen LogP contribution in [-0.4, -0.2) is 30.2 Å². The van der Waals surface area contributed by atoms with Gasteiger partial charge < -0.3 is 18.9 Å². The van der Waals surface area contributed by atoms with Crippen LogP contribution < -0.4 is 0 Å². The van der Waals surface area contributed by atoms with Gasteiger partial charge in [0.1, 0.15) is 11.7 Å². The summed E-state index contributed by atoms with van der Waals surface area (Å²) in [7, 11) is 0. The maximum Gasteiger partial charge on any atom is 0.164 e. The van der Waals surface area contributed by atoms with Crippen LogP contribution in [-0.2, 0) is 50.2 Å². The third-order valence-electron chi connectivity index (χ3n) is 7.26. The van der Waals surface area contributed by atoms with Crippen molar-refractivity contribution in [3.63, 3.8) is 0 Å². The van der Waals surface area contributed by atoms with Crippen LogP contribution in [0.5, 0.6) is 0 Å². The zero-order valence-electron chi connectivity index (χ0n) is 22.7. The van der Waals surface area contributed by atoms with E-state index in [0.717, 1.165) is 22.3 Å². The summed E-state index contributed by atoms with van der Waals surface area (Å²) >= 11 is 0. The van der Waals surface area contributed by atoms with Crippen LogP contribution in [0.15, 0.2) is 121 Å². The molecule has 0 heterocycles. The van der Waals surface area contributed by atoms with Crippen LogP contribution in [0, 0.1) is 0 Å². The van der Waals surface area contributed by atoms with Crippen LogP contribution in [0.25, 0.3) is 0 Å². The number of hydrogen-bond donors (Lipinski definition) is 0. The SMILES string of the molecule is O=C1C[C@](COCc2ccccc2)(OCc2ccccc2)[C@H](OCc2ccccc2)C[C@H]1OCc1ccccc1. The Balaban J connectivity index is 1.37. The van der Waals surface area contributed by atoms with Gasteiger partial charge in [-0.15, -0.1) is 0 Å². The molecule has 0 amide bonds. The molecule has 0 unspecified atom stereocenters. The van der Waals surface area contributed by atoms with Crippen molar-refractivity contribution in [2.24, 2.45) is 0 Å². The molecule has 3 atom stereocenters. The van der Waals surface area contributed by atoms with E-state index in [0.29, 0.717) is 32.8 Å². The van der Waals surface area contributed by atoms with E-state index in [2.05, 4.69) is 0 Å². The van der Waals surface area contributed by atoms with Crippen molar-refractivity contribution in [1.29, 1.82) is 0 Å². The molecule has 40 heavy (non-hydrogen) atoms. The molecule has 1 aliphatic rings. The van der Waals surface area contributed by atoms with Gasteiger partial charge in [-0.05, 0) is 22.3 Å². The van der Waals surface area contributed by atoms with Crippen molar-refractivity contribution in [3.05, 3.63) is 144 Å². The van der Waals surface area contributed by atoms with Crippen molar-refractivity contribution >= 4 is 5.78 Å². The number of Topliss-reactive ketones (excluding diaryl/α,β-unsaturated/α-hetero) is 1. The van der Waals surface area contributed by atoms with E-state index >= 15 is 0 Å². The second-order valence-corrected chi connectivity index (χ2v) is 10.3. The van der Waals surface area contributed by atoms with Crippen LogP contribution in [0.1, 0.15) is 35.1 Å². The summed E-state index contributed by atoms with van der Waals surface area (Å²) in [6, 6.07) is 40.0. The lowest BCUT2D eigenvalue weighted by Crippen LogP contribution is -2.58. The molecule has 0 bridgehead atoms. The predicted molar refractivity (Wildman–Crippen MR) is 154 cm³/mol. The minimum atomic E-state index is -0.955. The molecule has 206 valence electrons. The van der Waals surface area contributed by atoms with Gasteiger partial charge in [0.15, 0.2) is 5.78 Å². The van der Waals surface area contributed by atoms with E-state index in [9.17, 15) is 4.79 Å². The first-order chi connectivity index (χ1) is 19.7. The Bertz CT molecular complexity index is 1300. The first-order valence-electron chi connectivity index (χ1n) is 13.8. The van der Waals surface area contributed by atoms with Crippen LogP contribution in [0.3, 0.4) is 0 Å². The minimum Gasteiger partial charge on any atom is -0.374 e. The summed E-state index contributed by atoms with van der Waals surface area (Å²) in [5, 5.41) is 0. The maximum atomic E-state index is 13.6. The van der Waals surface area contributed by atoms with E-state index in [1.54, 1.807) is 0 Å². The summed E-state index contributed by atoms with van der Waals surface area (Å²) < 4.78 is 25.6. The lowest BCUT2D eigenvalue weighted by molar-refractivity contribution is -0.215. The number of benzene rings is 4. The highest BCUT2D eigenvalue weighted by Crippen LogP contribution is 2.36. The quantitative estimate of drug-likeness (QED) is 0.191. The summed E-state index contributed by atoms with van der Waals surface area (Å²) in [5.74, 6) is 0.00636. The zero-order valence-corrected chi connectivity index (χ0v) is 22.7. The summed E-state index contributed by atoms with van der Waals surface area (Å²) in [4.78, 5) is 13.6. The second-order valence-electron chi connectivity index (χ2n) is 10.3. The highest BCUT2D eigenvalue weighted by atomic mass is 16.6. The molecule has 0 saturated heterocycles. The van der Waals surface area contributed by atoms with Gasteiger partial charge in [-0.25, -0.2) is 0 Å². The van der Waals surface area contributed by atoms with Crippen molar-refractivity contribution in [1.82, 2.24) is 0 Å². The average Bonchev–Trinajstić information content (AvgIpc) is 3.01. The Hall–Kier alpha value is -3.61. The highest BCUT2D eigenvalue weighted by Gasteiger charge is 2.50.